The van der Waals surface area contributed by atoms with Gasteiger partial charge in [-0.1, -0.05) is 6.92 Å². The SMILES string of the molecule is CCO[C@@H](CC)C(=O)NC[C@@H](c1ccco1)N1CCCC1. The van der Waals surface area contributed by atoms with Crippen LogP contribution in [0.2, 0.25) is 0 Å². The fraction of sp³-hybridized carbons (Fsp3) is 0.688. The summed E-state index contributed by atoms with van der Waals surface area (Å²) in [5, 5.41) is 3.02. The lowest BCUT2D eigenvalue weighted by Crippen LogP contribution is -2.41. The van der Waals surface area contributed by atoms with Gasteiger partial charge in [0.05, 0.1) is 12.3 Å². The van der Waals surface area contributed by atoms with Crippen molar-refractivity contribution >= 4 is 5.91 Å². The number of nitrogens with zero attached hydrogens (tertiary/aromatic N) is 1. The van der Waals surface area contributed by atoms with E-state index in [9.17, 15) is 4.79 Å². The maximum atomic E-state index is 12.2. The number of nitrogens with one attached hydrogen (secondary N) is 1. The number of hydrogen-bond acceptors (Lipinski definition) is 4. The normalized spacial score (nSPS) is 18.6. The van der Waals surface area contributed by atoms with Crippen LogP contribution in [0, 0.1) is 0 Å². The van der Waals surface area contributed by atoms with E-state index in [1.165, 1.54) is 12.8 Å². The second-order valence-corrected chi connectivity index (χ2v) is 5.37. The first-order chi connectivity index (χ1) is 10.3. The minimum atomic E-state index is -0.356. The third kappa shape index (κ3) is 4.32. The van der Waals surface area contributed by atoms with Crippen molar-refractivity contribution in [3.63, 3.8) is 0 Å². The molecule has 1 aliphatic heterocycles. The molecule has 0 spiro atoms. The van der Waals surface area contributed by atoms with Crippen LogP contribution < -0.4 is 5.32 Å². The van der Waals surface area contributed by atoms with Crippen LogP contribution in [0.15, 0.2) is 22.8 Å². The summed E-state index contributed by atoms with van der Waals surface area (Å²) in [6, 6.07) is 4.00. The van der Waals surface area contributed by atoms with Crippen LogP contribution in [-0.2, 0) is 9.53 Å². The summed E-state index contributed by atoms with van der Waals surface area (Å²) < 4.78 is 11.0. The van der Waals surface area contributed by atoms with Gasteiger partial charge >= 0.3 is 0 Å². The van der Waals surface area contributed by atoms with Crippen LogP contribution in [0.5, 0.6) is 0 Å². The molecule has 0 bridgehead atoms. The van der Waals surface area contributed by atoms with Gasteiger partial charge in [-0.05, 0) is 51.4 Å². The molecule has 0 aromatic carbocycles. The highest BCUT2D eigenvalue weighted by atomic mass is 16.5. The van der Waals surface area contributed by atoms with E-state index in [0.717, 1.165) is 18.8 Å². The summed E-state index contributed by atoms with van der Waals surface area (Å²) in [5.74, 6) is 0.886. The van der Waals surface area contributed by atoms with Crippen LogP contribution in [0.4, 0.5) is 0 Å². The summed E-state index contributed by atoms with van der Waals surface area (Å²) in [6.07, 6.45) is 4.44. The number of amides is 1. The van der Waals surface area contributed by atoms with Gasteiger partial charge in [0.1, 0.15) is 11.9 Å². The fourth-order valence-electron chi connectivity index (χ4n) is 2.83. The molecule has 2 rings (SSSR count). The quantitative estimate of drug-likeness (QED) is 0.799. The van der Waals surface area contributed by atoms with Crippen molar-refractivity contribution in [2.45, 2.75) is 45.3 Å². The molecule has 1 N–H and O–H groups in total. The van der Waals surface area contributed by atoms with Crippen LogP contribution in [0.25, 0.3) is 0 Å². The Morgan fingerprint density at radius 2 is 2.19 bits per heavy atom. The third-order valence-electron chi connectivity index (χ3n) is 3.95. The first kappa shape index (κ1) is 16.0. The highest BCUT2D eigenvalue weighted by Crippen LogP contribution is 2.24. The molecule has 2 atom stereocenters. The van der Waals surface area contributed by atoms with E-state index in [-0.39, 0.29) is 18.1 Å². The second-order valence-electron chi connectivity index (χ2n) is 5.37. The minimum Gasteiger partial charge on any atom is -0.468 e. The lowest BCUT2D eigenvalue weighted by Gasteiger charge is -2.26. The first-order valence-electron chi connectivity index (χ1n) is 7.93. The van der Waals surface area contributed by atoms with Crippen LogP contribution >= 0.6 is 0 Å². The standard InChI is InChI=1S/C16H26N2O3/c1-3-14(20-4-2)16(19)17-12-13(15-8-7-11-21-15)18-9-5-6-10-18/h7-8,11,13-14H,3-6,9-10,12H2,1-2H3,(H,17,19)/t13-,14-/m0/s1. The van der Waals surface area contributed by atoms with Crippen LogP contribution in [-0.4, -0.2) is 43.2 Å². The summed E-state index contributed by atoms with van der Waals surface area (Å²) in [4.78, 5) is 14.5. The predicted molar refractivity (Wildman–Crippen MR) is 81.0 cm³/mol. The molecule has 1 aromatic heterocycles. The third-order valence-corrected chi connectivity index (χ3v) is 3.95. The van der Waals surface area contributed by atoms with Gasteiger partial charge in [-0.15, -0.1) is 0 Å². The van der Waals surface area contributed by atoms with E-state index < -0.39 is 0 Å². The summed E-state index contributed by atoms with van der Waals surface area (Å²) in [6.45, 7) is 7.11. The maximum absolute atomic E-state index is 12.2. The molecule has 0 unspecified atom stereocenters. The lowest BCUT2D eigenvalue weighted by atomic mass is 10.2. The molecular formula is C16H26N2O3. The van der Waals surface area contributed by atoms with Gasteiger partial charge in [0.25, 0.3) is 0 Å². The Morgan fingerprint density at radius 3 is 2.76 bits per heavy atom. The zero-order chi connectivity index (χ0) is 15.1. The van der Waals surface area contributed by atoms with E-state index in [1.807, 2.05) is 26.0 Å². The van der Waals surface area contributed by atoms with E-state index in [0.29, 0.717) is 19.6 Å². The maximum Gasteiger partial charge on any atom is 0.249 e. The molecule has 1 aliphatic rings. The molecule has 1 aromatic rings. The number of hydrogen-bond donors (Lipinski definition) is 1. The van der Waals surface area contributed by atoms with Crippen molar-refractivity contribution in [3.05, 3.63) is 24.2 Å². The van der Waals surface area contributed by atoms with E-state index in [4.69, 9.17) is 9.15 Å². The Labute approximate surface area is 126 Å². The number of likely N-dealkylation sites (tertiary alicyclic amines) is 1. The zero-order valence-electron chi connectivity index (χ0n) is 13.0. The van der Waals surface area contributed by atoms with Crippen molar-refractivity contribution in [1.29, 1.82) is 0 Å². The number of carbonyl (C=O) groups is 1. The lowest BCUT2D eigenvalue weighted by molar-refractivity contribution is -0.133. The molecule has 5 nitrogen and oxygen atoms in total. The molecule has 0 aliphatic carbocycles. The average Bonchev–Trinajstić information content (AvgIpc) is 3.18. The molecular weight excluding hydrogens is 268 g/mol. The monoisotopic (exact) mass is 294 g/mol. The van der Waals surface area contributed by atoms with Crippen molar-refractivity contribution in [3.8, 4) is 0 Å². The highest BCUT2D eigenvalue weighted by Gasteiger charge is 2.27. The zero-order valence-corrected chi connectivity index (χ0v) is 13.0. The molecule has 0 saturated carbocycles. The molecule has 1 amide bonds. The Balaban J connectivity index is 1.94. The van der Waals surface area contributed by atoms with E-state index in [1.54, 1.807) is 6.26 Å². The fourth-order valence-corrected chi connectivity index (χ4v) is 2.83. The van der Waals surface area contributed by atoms with Crippen molar-refractivity contribution in [1.82, 2.24) is 10.2 Å². The minimum absolute atomic E-state index is 0.0323. The number of furan rings is 1. The van der Waals surface area contributed by atoms with Gasteiger partial charge in [-0.2, -0.15) is 0 Å². The van der Waals surface area contributed by atoms with Crippen LogP contribution in [0.1, 0.15) is 44.9 Å². The summed E-state index contributed by atoms with van der Waals surface area (Å²) in [7, 11) is 0. The van der Waals surface area contributed by atoms with E-state index >= 15 is 0 Å². The van der Waals surface area contributed by atoms with Gasteiger partial charge in [0.2, 0.25) is 5.91 Å². The molecule has 0 radical (unpaired) electrons. The highest BCUT2D eigenvalue weighted by molar-refractivity contribution is 5.80. The topological polar surface area (TPSA) is 54.7 Å². The molecule has 2 heterocycles. The van der Waals surface area contributed by atoms with Gasteiger partial charge in [0.15, 0.2) is 0 Å². The van der Waals surface area contributed by atoms with Gasteiger partial charge in [-0.3, -0.25) is 9.69 Å². The average molecular weight is 294 g/mol. The molecule has 21 heavy (non-hydrogen) atoms. The predicted octanol–water partition coefficient (Wildman–Crippen LogP) is 2.35. The Bertz CT molecular complexity index is 413. The smallest absolute Gasteiger partial charge is 0.249 e. The number of carbonyl (C=O) groups excluding carboxylic acids is 1. The molecule has 1 saturated heterocycles. The van der Waals surface area contributed by atoms with Crippen LogP contribution in [0.3, 0.4) is 0 Å². The summed E-state index contributed by atoms with van der Waals surface area (Å²) in [5.41, 5.74) is 0. The van der Waals surface area contributed by atoms with Crippen molar-refractivity contribution in [2.75, 3.05) is 26.2 Å². The van der Waals surface area contributed by atoms with Gasteiger partial charge in [-0.25, -0.2) is 0 Å². The molecule has 118 valence electrons. The molecule has 5 heteroatoms. The van der Waals surface area contributed by atoms with Crippen molar-refractivity contribution in [2.24, 2.45) is 0 Å². The number of rotatable bonds is 8. The van der Waals surface area contributed by atoms with Crippen molar-refractivity contribution < 1.29 is 13.9 Å². The second kappa shape index (κ2) is 8.20. The van der Waals surface area contributed by atoms with E-state index in [2.05, 4.69) is 10.2 Å². The van der Waals surface area contributed by atoms with Gasteiger partial charge in [0, 0.05) is 13.2 Å². The Hall–Kier alpha value is -1.33. The largest absolute Gasteiger partial charge is 0.468 e. The van der Waals surface area contributed by atoms with Gasteiger partial charge < -0.3 is 14.5 Å². The molecule has 1 fully saturated rings. The Morgan fingerprint density at radius 1 is 1.43 bits per heavy atom. The Kier molecular flexibility index (Phi) is 6.26. The summed E-state index contributed by atoms with van der Waals surface area (Å²) >= 11 is 0. The first-order valence-corrected chi connectivity index (χ1v) is 7.93. The number of ether oxygens (including phenoxy) is 1.